The van der Waals surface area contributed by atoms with Crippen LogP contribution in [-0.4, -0.2) is 21.0 Å². The van der Waals surface area contributed by atoms with E-state index in [2.05, 4.69) is 25.0 Å². The Morgan fingerprint density at radius 2 is 1.93 bits per heavy atom. The molecule has 0 radical (unpaired) electrons. The average molecular weight is 368 g/mol. The lowest BCUT2D eigenvalue weighted by atomic mass is 9.68. The van der Waals surface area contributed by atoms with E-state index < -0.39 is 0 Å². The third-order valence-corrected chi connectivity index (χ3v) is 6.70. The first-order valence-corrected chi connectivity index (χ1v) is 10.2. The predicted octanol–water partition coefficient (Wildman–Crippen LogP) is 5.31. The molecule has 144 valence electrons. The molecule has 0 aliphatic heterocycles. The van der Waals surface area contributed by atoms with E-state index in [9.17, 15) is 9.50 Å². The smallest absolute Gasteiger partial charge is 0.123 e. The Bertz CT molecular complexity index is 833. The lowest BCUT2D eigenvalue weighted by Crippen LogP contribution is -2.33. The molecule has 1 saturated carbocycles. The van der Waals surface area contributed by atoms with Crippen molar-refractivity contribution in [3.05, 3.63) is 53.1 Å². The van der Waals surface area contributed by atoms with Crippen molar-refractivity contribution in [3.63, 3.8) is 0 Å². The molecule has 4 heteroatoms. The van der Waals surface area contributed by atoms with Crippen LogP contribution in [0.1, 0.15) is 63.6 Å². The third-order valence-electron chi connectivity index (χ3n) is 6.70. The number of aliphatic hydroxyl groups is 1. The van der Waals surface area contributed by atoms with Crippen molar-refractivity contribution in [2.75, 3.05) is 0 Å². The van der Waals surface area contributed by atoms with Crippen LogP contribution in [0.5, 0.6) is 0 Å². The van der Waals surface area contributed by atoms with Crippen molar-refractivity contribution >= 4 is 6.08 Å². The second-order valence-electron chi connectivity index (χ2n) is 8.68. The Hall–Kier alpha value is -1.94. The minimum atomic E-state index is -0.240. The molecule has 0 spiro atoms. The van der Waals surface area contributed by atoms with Gasteiger partial charge >= 0.3 is 0 Å². The number of rotatable bonds is 4. The highest BCUT2D eigenvalue weighted by Gasteiger charge is 2.36. The van der Waals surface area contributed by atoms with Gasteiger partial charge in [-0.3, -0.25) is 0 Å². The summed E-state index contributed by atoms with van der Waals surface area (Å²) in [5.41, 5.74) is 4.38. The van der Waals surface area contributed by atoms with E-state index >= 15 is 0 Å². The summed E-state index contributed by atoms with van der Waals surface area (Å²) in [5.74, 6) is 0.211. The number of fused-ring (bicyclic) bond motifs is 1. The molecule has 0 saturated heterocycles. The molecule has 27 heavy (non-hydrogen) atoms. The summed E-state index contributed by atoms with van der Waals surface area (Å²) in [6.07, 6.45) is 11.7. The molecule has 3 nitrogen and oxygen atoms in total. The molecule has 2 aromatic rings. The molecule has 1 aromatic heterocycles. The van der Waals surface area contributed by atoms with Gasteiger partial charge in [-0.1, -0.05) is 31.8 Å². The lowest BCUT2D eigenvalue weighted by molar-refractivity contribution is 0.0485. The van der Waals surface area contributed by atoms with Crippen LogP contribution in [0.2, 0.25) is 0 Å². The molecule has 0 bridgehead atoms. The van der Waals surface area contributed by atoms with Crippen LogP contribution in [0.3, 0.4) is 0 Å². The fourth-order valence-electron chi connectivity index (χ4n) is 4.79. The van der Waals surface area contributed by atoms with Gasteiger partial charge in [0.25, 0.3) is 0 Å². The lowest BCUT2D eigenvalue weighted by Gasteiger charge is -2.38. The van der Waals surface area contributed by atoms with Gasteiger partial charge in [0.2, 0.25) is 0 Å². The first kappa shape index (κ1) is 18.4. The minimum Gasteiger partial charge on any atom is -0.393 e. The molecule has 2 atom stereocenters. The highest BCUT2D eigenvalue weighted by Crippen LogP contribution is 2.44. The first-order chi connectivity index (χ1) is 13.0. The Morgan fingerprint density at radius 3 is 2.63 bits per heavy atom. The average Bonchev–Trinajstić information content (AvgIpc) is 3.05. The van der Waals surface area contributed by atoms with Crippen molar-refractivity contribution in [2.45, 2.75) is 64.9 Å². The molecular weight excluding hydrogens is 339 g/mol. The predicted molar refractivity (Wildman–Crippen MR) is 106 cm³/mol. The summed E-state index contributed by atoms with van der Waals surface area (Å²) in [7, 11) is 0. The zero-order chi connectivity index (χ0) is 19.0. The normalized spacial score (nSPS) is 24.4. The quantitative estimate of drug-likeness (QED) is 0.794. The molecule has 1 unspecified atom stereocenters. The molecule has 1 heterocycles. The number of halogens is 1. The van der Waals surface area contributed by atoms with Crippen LogP contribution in [0, 0.1) is 17.2 Å². The monoisotopic (exact) mass is 368 g/mol. The molecule has 4 rings (SSSR count). The van der Waals surface area contributed by atoms with E-state index in [4.69, 9.17) is 0 Å². The van der Waals surface area contributed by atoms with Crippen LogP contribution < -0.4 is 0 Å². The first-order valence-electron chi connectivity index (χ1n) is 10.2. The van der Waals surface area contributed by atoms with Gasteiger partial charge in [-0.15, -0.1) is 0 Å². The SMILES string of the molecule is CC1=Cc2c(cnn2-c2ccc(F)cc2)C[C@]1(C)CC(O)C1CCCCC1. The molecule has 2 aliphatic carbocycles. The topological polar surface area (TPSA) is 38.0 Å². The number of nitrogens with zero attached hydrogens (tertiary/aromatic N) is 2. The summed E-state index contributed by atoms with van der Waals surface area (Å²) in [6.45, 7) is 4.43. The highest BCUT2D eigenvalue weighted by molar-refractivity contribution is 5.60. The molecule has 2 aliphatic rings. The zero-order valence-electron chi connectivity index (χ0n) is 16.3. The van der Waals surface area contributed by atoms with Gasteiger partial charge in [0.1, 0.15) is 5.82 Å². The summed E-state index contributed by atoms with van der Waals surface area (Å²) in [4.78, 5) is 0. The highest BCUT2D eigenvalue weighted by atomic mass is 19.1. The molecule has 1 fully saturated rings. The maximum absolute atomic E-state index is 13.2. The third kappa shape index (κ3) is 3.60. The summed E-state index contributed by atoms with van der Waals surface area (Å²) < 4.78 is 15.1. The largest absolute Gasteiger partial charge is 0.393 e. The molecule has 1 aromatic carbocycles. The second-order valence-corrected chi connectivity index (χ2v) is 8.68. The van der Waals surface area contributed by atoms with Crippen LogP contribution in [-0.2, 0) is 6.42 Å². The van der Waals surface area contributed by atoms with Gasteiger partial charge in [-0.25, -0.2) is 9.07 Å². The zero-order valence-corrected chi connectivity index (χ0v) is 16.3. The Balaban J connectivity index is 1.57. The van der Waals surface area contributed by atoms with Crippen molar-refractivity contribution in [3.8, 4) is 5.69 Å². The molecule has 1 N–H and O–H groups in total. The van der Waals surface area contributed by atoms with Gasteiger partial charge in [-0.05, 0) is 79.8 Å². The van der Waals surface area contributed by atoms with Crippen LogP contribution >= 0.6 is 0 Å². The van der Waals surface area contributed by atoms with E-state index in [1.165, 1.54) is 42.5 Å². The van der Waals surface area contributed by atoms with Crippen molar-refractivity contribution in [1.29, 1.82) is 0 Å². The molecular formula is C23H29FN2O. The van der Waals surface area contributed by atoms with E-state index in [0.29, 0.717) is 5.92 Å². The van der Waals surface area contributed by atoms with Gasteiger partial charge in [0.05, 0.1) is 23.7 Å². The number of benzene rings is 1. The standard InChI is InChI=1S/C23H29FN2O/c1-16-12-21-18(15-25-26(21)20-10-8-19(24)9-11-20)13-23(16,2)14-22(27)17-6-4-3-5-7-17/h8-12,15,17,22,27H,3-7,13-14H2,1-2H3/t22?,23-/m1/s1. The van der Waals surface area contributed by atoms with Gasteiger partial charge in [0, 0.05) is 0 Å². The van der Waals surface area contributed by atoms with Gasteiger partial charge in [0.15, 0.2) is 0 Å². The number of aromatic nitrogens is 2. The van der Waals surface area contributed by atoms with Gasteiger partial charge < -0.3 is 5.11 Å². The number of hydrogen-bond acceptors (Lipinski definition) is 2. The van der Waals surface area contributed by atoms with Crippen LogP contribution in [0.25, 0.3) is 11.8 Å². The van der Waals surface area contributed by atoms with E-state index in [0.717, 1.165) is 37.1 Å². The fraction of sp³-hybridized carbons (Fsp3) is 0.522. The number of aliphatic hydroxyl groups excluding tert-OH is 1. The maximum atomic E-state index is 13.2. The van der Waals surface area contributed by atoms with Crippen molar-refractivity contribution < 1.29 is 9.50 Å². The summed E-state index contributed by atoms with van der Waals surface area (Å²) in [6, 6.07) is 6.44. The summed E-state index contributed by atoms with van der Waals surface area (Å²) in [5, 5.41) is 15.4. The Morgan fingerprint density at radius 1 is 1.22 bits per heavy atom. The Labute approximate surface area is 160 Å². The van der Waals surface area contributed by atoms with Crippen molar-refractivity contribution in [2.24, 2.45) is 11.3 Å². The van der Waals surface area contributed by atoms with E-state index in [-0.39, 0.29) is 17.3 Å². The van der Waals surface area contributed by atoms with E-state index in [1.807, 2.05) is 10.9 Å². The summed E-state index contributed by atoms with van der Waals surface area (Å²) >= 11 is 0. The minimum absolute atomic E-state index is 0.0411. The van der Waals surface area contributed by atoms with Crippen molar-refractivity contribution in [1.82, 2.24) is 9.78 Å². The van der Waals surface area contributed by atoms with E-state index in [1.54, 1.807) is 12.1 Å². The second kappa shape index (κ2) is 7.23. The van der Waals surface area contributed by atoms with Crippen LogP contribution in [0.4, 0.5) is 4.39 Å². The van der Waals surface area contributed by atoms with Gasteiger partial charge in [-0.2, -0.15) is 5.10 Å². The fourth-order valence-corrected chi connectivity index (χ4v) is 4.79. The van der Waals surface area contributed by atoms with Crippen LogP contribution in [0.15, 0.2) is 36.0 Å². The number of allylic oxidation sites excluding steroid dienone is 1. The number of hydrogen-bond donors (Lipinski definition) is 1. The Kier molecular flexibility index (Phi) is 4.94. The maximum Gasteiger partial charge on any atom is 0.123 e. The molecule has 0 amide bonds.